The maximum Gasteiger partial charge on any atom is 0.248 e. The van der Waals surface area contributed by atoms with Gasteiger partial charge in [-0.05, 0) is 0 Å². The number of carbonyl (C=O) groups excluding carboxylic acids is 1. The Morgan fingerprint density at radius 2 is 2.13 bits per heavy atom. The number of carbonyl (C=O) groups is 1. The first-order valence-corrected chi connectivity index (χ1v) is 4.67. The Kier molecular flexibility index (Phi) is 2.89. The summed E-state index contributed by atoms with van der Waals surface area (Å²) in [5, 5.41) is 30.5. The summed E-state index contributed by atoms with van der Waals surface area (Å²) in [5.74, 6) is -0.350. The summed E-state index contributed by atoms with van der Waals surface area (Å²) in [6.07, 6.45) is -4.92. The number of nitrogens with one attached hydrogen (secondary N) is 1. The van der Waals surface area contributed by atoms with Crippen LogP contribution >= 0.6 is 0 Å². The molecule has 1 amide bonds. The lowest BCUT2D eigenvalue weighted by atomic mass is 9.97. The predicted molar refractivity (Wildman–Crippen MR) is 45.6 cm³/mol. The fourth-order valence-corrected chi connectivity index (χ4v) is 1.77. The highest BCUT2D eigenvalue weighted by Crippen LogP contribution is 2.23. The Hall–Kier alpha value is -0.730. The minimum absolute atomic E-state index is 0.169. The Labute approximate surface area is 85.6 Å². The van der Waals surface area contributed by atoms with Crippen molar-refractivity contribution in [2.45, 2.75) is 30.6 Å². The summed E-state index contributed by atoms with van der Waals surface area (Å²) in [7, 11) is 0. The Morgan fingerprint density at radius 3 is 2.80 bits per heavy atom. The summed E-state index contributed by atoms with van der Waals surface area (Å²) in [5.41, 5.74) is 0. The lowest BCUT2D eigenvalue weighted by molar-refractivity contribution is -0.257. The molecule has 0 bridgehead atoms. The molecule has 0 unspecified atom stereocenters. The van der Waals surface area contributed by atoms with Crippen molar-refractivity contribution in [1.29, 1.82) is 0 Å². The fraction of sp³-hybridized carbons (Fsp3) is 0.875. The number of hydrogen-bond donors (Lipinski definition) is 4. The normalized spacial score (nSPS) is 45.8. The topological polar surface area (TPSA) is 108 Å². The van der Waals surface area contributed by atoms with Gasteiger partial charge in [0.25, 0.3) is 0 Å². The SMILES string of the molecule is O=C1CO[C@@H]2[C@@H](O)[C@@H](O)[C@@H](CO)O[C@H]2N1. The molecule has 5 atom stereocenters. The van der Waals surface area contributed by atoms with Gasteiger partial charge in [0.15, 0.2) is 6.23 Å². The van der Waals surface area contributed by atoms with E-state index in [4.69, 9.17) is 14.6 Å². The molecule has 2 fully saturated rings. The molecule has 0 aromatic heterocycles. The highest BCUT2D eigenvalue weighted by atomic mass is 16.6. The van der Waals surface area contributed by atoms with Gasteiger partial charge >= 0.3 is 0 Å². The van der Waals surface area contributed by atoms with E-state index < -0.39 is 37.3 Å². The lowest BCUT2D eigenvalue weighted by Gasteiger charge is -2.44. The van der Waals surface area contributed by atoms with Gasteiger partial charge < -0.3 is 30.1 Å². The molecule has 0 aromatic rings. The maximum absolute atomic E-state index is 11.0. The van der Waals surface area contributed by atoms with E-state index >= 15 is 0 Å². The molecule has 0 aliphatic carbocycles. The number of amides is 1. The first-order valence-electron chi connectivity index (χ1n) is 4.67. The molecule has 2 aliphatic rings. The van der Waals surface area contributed by atoms with E-state index in [-0.39, 0.29) is 12.5 Å². The largest absolute Gasteiger partial charge is 0.394 e. The molecular weight excluding hydrogens is 206 g/mol. The second kappa shape index (κ2) is 4.03. The van der Waals surface area contributed by atoms with E-state index in [0.717, 1.165) is 0 Å². The fourth-order valence-electron chi connectivity index (χ4n) is 1.77. The molecule has 0 radical (unpaired) electrons. The average Bonchev–Trinajstić information content (AvgIpc) is 2.23. The highest BCUT2D eigenvalue weighted by molar-refractivity contribution is 5.78. The van der Waals surface area contributed by atoms with Crippen LogP contribution in [0.15, 0.2) is 0 Å². The smallest absolute Gasteiger partial charge is 0.248 e. The van der Waals surface area contributed by atoms with Crippen molar-refractivity contribution < 1.29 is 29.6 Å². The molecule has 86 valence electrons. The van der Waals surface area contributed by atoms with Crippen LogP contribution in [-0.4, -0.2) is 65.1 Å². The van der Waals surface area contributed by atoms with Gasteiger partial charge in [-0.3, -0.25) is 4.79 Å². The predicted octanol–water partition coefficient (Wildman–Crippen LogP) is -3.06. The Bertz CT molecular complexity index is 260. The minimum atomic E-state index is -1.22. The summed E-state index contributed by atoms with van der Waals surface area (Å²) in [6, 6.07) is 0. The second-order valence-corrected chi connectivity index (χ2v) is 3.60. The minimum Gasteiger partial charge on any atom is -0.394 e. The van der Waals surface area contributed by atoms with Gasteiger partial charge in [-0.1, -0.05) is 0 Å². The van der Waals surface area contributed by atoms with Crippen molar-refractivity contribution in [3.8, 4) is 0 Å². The summed E-state index contributed by atoms with van der Waals surface area (Å²) < 4.78 is 10.2. The molecule has 7 heteroatoms. The first kappa shape index (κ1) is 10.8. The number of aliphatic hydroxyl groups excluding tert-OH is 3. The van der Waals surface area contributed by atoms with Gasteiger partial charge in [0.1, 0.15) is 31.0 Å². The molecule has 2 aliphatic heterocycles. The summed E-state index contributed by atoms with van der Waals surface area (Å²) in [6.45, 7) is -0.602. The van der Waals surface area contributed by atoms with Gasteiger partial charge in [-0.2, -0.15) is 0 Å². The molecule has 2 rings (SSSR count). The Balaban J connectivity index is 2.10. The van der Waals surface area contributed by atoms with Crippen LogP contribution < -0.4 is 5.32 Å². The van der Waals surface area contributed by atoms with E-state index in [0.29, 0.717) is 0 Å². The molecule has 4 N–H and O–H groups in total. The van der Waals surface area contributed by atoms with Crippen LogP contribution in [-0.2, 0) is 14.3 Å². The van der Waals surface area contributed by atoms with Crippen LogP contribution in [0.25, 0.3) is 0 Å². The van der Waals surface area contributed by atoms with E-state index in [9.17, 15) is 15.0 Å². The van der Waals surface area contributed by atoms with Gasteiger partial charge in [-0.25, -0.2) is 0 Å². The van der Waals surface area contributed by atoms with Crippen LogP contribution in [0.1, 0.15) is 0 Å². The van der Waals surface area contributed by atoms with Crippen LogP contribution in [0.2, 0.25) is 0 Å². The monoisotopic (exact) mass is 219 g/mol. The standard InChI is InChI=1S/C8H13NO6/c10-1-3-5(12)6(13)7-8(15-3)9-4(11)2-14-7/h3,5-8,10,12-13H,1-2H2,(H,9,11)/t3-,5+,6+,7-,8-/m1/s1. The molecule has 2 saturated heterocycles. The van der Waals surface area contributed by atoms with Crippen molar-refractivity contribution in [1.82, 2.24) is 5.32 Å². The zero-order valence-corrected chi connectivity index (χ0v) is 7.87. The highest BCUT2D eigenvalue weighted by Gasteiger charge is 2.47. The van der Waals surface area contributed by atoms with Gasteiger partial charge in [0.05, 0.1) is 6.61 Å². The van der Waals surface area contributed by atoms with Crippen molar-refractivity contribution in [2.75, 3.05) is 13.2 Å². The lowest BCUT2D eigenvalue weighted by Crippen LogP contribution is -2.67. The third-order valence-corrected chi connectivity index (χ3v) is 2.58. The summed E-state index contributed by atoms with van der Waals surface area (Å²) in [4.78, 5) is 11.0. The van der Waals surface area contributed by atoms with Crippen LogP contribution in [0.5, 0.6) is 0 Å². The van der Waals surface area contributed by atoms with Crippen LogP contribution in [0, 0.1) is 0 Å². The van der Waals surface area contributed by atoms with Gasteiger partial charge in [0, 0.05) is 0 Å². The number of ether oxygens (including phenoxy) is 2. The quantitative estimate of drug-likeness (QED) is 0.373. The summed E-state index contributed by atoms with van der Waals surface area (Å²) >= 11 is 0. The van der Waals surface area contributed by atoms with Gasteiger partial charge in [0.2, 0.25) is 5.91 Å². The molecular formula is C8H13NO6. The zero-order valence-electron chi connectivity index (χ0n) is 7.87. The van der Waals surface area contributed by atoms with Crippen molar-refractivity contribution >= 4 is 5.91 Å². The number of morpholine rings is 1. The Morgan fingerprint density at radius 1 is 1.40 bits per heavy atom. The third kappa shape index (κ3) is 1.84. The second-order valence-electron chi connectivity index (χ2n) is 3.60. The number of fused-ring (bicyclic) bond motifs is 1. The molecule has 2 heterocycles. The first-order chi connectivity index (χ1) is 7.13. The van der Waals surface area contributed by atoms with E-state index in [2.05, 4.69) is 5.32 Å². The van der Waals surface area contributed by atoms with Gasteiger partial charge in [-0.15, -0.1) is 0 Å². The van der Waals surface area contributed by atoms with Crippen molar-refractivity contribution in [3.05, 3.63) is 0 Å². The average molecular weight is 219 g/mol. The van der Waals surface area contributed by atoms with Crippen LogP contribution in [0.4, 0.5) is 0 Å². The number of hydrogen-bond acceptors (Lipinski definition) is 6. The molecule has 0 saturated carbocycles. The molecule has 15 heavy (non-hydrogen) atoms. The number of rotatable bonds is 1. The molecule has 0 aromatic carbocycles. The maximum atomic E-state index is 11.0. The molecule has 7 nitrogen and oxygen atoms in total. The van der Waals surface area contributed by atoms with E-state index in [1.54, 1.807) is 0 Å². The van der Waals surface area contributed by atoms with E-state index in [1.807, 2.05) is 0 Å². The zero-order chi connectivity index (χ0) is 11.0. The molecule has 0 spiro atoms. The van der Waals surface area contributed by atoms with Crippen molar-refractivity contribution in [3.63, 3.8) is 0 Å². The number of aliphatic hydroxyl groups is 3. The van der Waals surface area contributed by atoms with Crippen molar-refractivity contribution in [2.24, 2.45) is 0 Å². The third-order valence-electron chi connectivity index (χ3n) is 2.58. The van der Waals surface area contributed by atoms with E-state index in [1.165, 1.54) is 0 Å². The van der Waals surface area contributed by atoms with Crippen LogP contribution in [0.3, 0.4) is 0 Å².